The summed E-state index contributed by atoms with van der Waals surface area (Å²) in [6, 6.07) is 17.6. The number of hydrogen-bond donors (Lipinski definition) is 1. The van der Waals surface area contributed by atoms with E-state index in [1.807, 2.05) is 0 Å². The lowest BCUT2D eigenvalue weighted by Gasteiger charge is -2.16. The molecule has 0 atom stereocenters. The van der Waals surface area contributed by atoms with Crippen LogP contribution in [0.3, 0.4) is 0 Å². The molecule has 0 radical (unpaired) electrons. The van der Waals surface area contributed by atoms with Crippen LogP contribution in [0.25, 0.3) is 11.0 Å². The van der Waals surface area contributed by atoms with Crippen molar-refractivity contribution in [2.24, 2.45) is 0 Å². The molecule has 0 aliphatic rings. The van der Waals surface area contributed by atoms with Gasteiger partial charge in [0.05, 0.1) is 40.0 Å². The maximum atomic E-state index is 13.3. The van der Waals surface area contributed by atoms with Gasteiger partial charge in [0.25, 0.3) is 0 Å². The highest BCUT2D eigenvalue weighted by molar-refractivity contribution is 7.90. The maximum Gasteiger partial charge on any atom is 0.416 e. The van der Waals surface area contributed by atoms with Crippen molar-refractivity contribution >= 4 is 32.4 Å². The number of para-hydroxylation sites is 2. The van der Waals surface area contributed by atoms with Gasteiger partial charge in [-0.25, -0.2) is 18.4 Å². The molecule has 170 valence electrons. The quantitative estimate of drug-likeness (QED) is 0.405. The minimum atomic E-state index is -4.57. The van der Waals surface area contributed by atoms with Crippen LogP contribution in [0.4, 0.5) is 24.7 Å². The van der Waals surface area contributed by atoms with Crippen LogP contribution in [-0.2, 0) is 21.8 Å². The lowest BCUT2D eigenvalue weighted by Crippen LogP contribution is -2.11. The summed E-state index contributed by atoms with van der Waals surface area (Å²) in [5.74, 6) is -0.348. The first-order valence-electron chi connectivity index (χ1n) is 9.73. The van der Waals surface area contributed by atoms with E-state index in [4.69, 9.17) is 4.74 Å². The number of methoxy groups -OCH3 is 1. The van der Waals surface area contributed by atoms with Crippen molar-refractivity contribution in [1.29, 1.82) is 0 Å². The number of anilines is 2. The molecule has 4 rings (SSSR count). The number of aromatic nitrogens is 2. The van der Waals surface area contributed by atoms with Crippen LogP contribution in [0.15, 0.2) is 77.7 Å². The number of ether oxygens (including phenoxy) is 1. The van der Waals surface area contributed by atoms with Crippen molar-refractivity contribution in [2.45, 2.75) is 16.8 Å². The molecular weight excluding hydrogens is 455 g/mol. The Morgan fingerprint density at radius 1 is 0.909 bits per heavy atom. The molecule has 0 aliphatic carbocycles. The Morgan fingerprint density at radius 3 is 2.18 bits per heavy atom. The third kappa shape index (κ3) is 4.90. The zero-order valence-corrected chi connectivity index (χ0v) is 18.1. The molecular formula is C23H18F3N3O3S. The Morgan fingerprint density at radius 2 is 1.55 bits per heavy atom. The molecule has 0 fully saturated rings. The molecule has 0 aliphatic heterocycles. The topological polar surface area (TPSA) is 81.2 Å². The molecule has 0 saturated heterocycles. The van der Waals surface area contributed by atoms with Crippen LogP contribution in [0, 0.1) is 0 Å². The third-order valence-electron chi connectivity index (χ3n) is 4.85. The summed E-state index contributed by atoms with van der Waals surface area (Å²) in [5.41, 5.74) is 0.0643. The van der Waals surface area contributed by atoms with Gasteiger partial charge in [-0.2, -0.15) is 13.2 Å². The highest BCUT2D eigenvalue weighted by Gasteiger charge is 2.31. The second-order valence-corrected chi connectivity index (χ2v) is 9.11. The van der Waals surface area contributed by atoms with Gasteiger partial charge in [0, 0.05) is 0 Å². The number of benzene rings is 3. The van der Waals surface area contributed by atoms with Crippen LogP contribution in [0.2, 0.25) is 0 Å². The van der Waals surface area contributed by atoms with Gasteiger partial charge in [-0.3, -0.25) is 0 Å². The first-order chi connectivity index (χ1) is 15.7. The highest BCUT2D eigenvalue weighted by Crippen LogP contribution is 2.36. The van der Waals surface area contributed by atoms with E-state index in [1.54, 1.807) is 42.5 Å². The second kappa shape index (κ2) is 8.70. The fraction of sp³-hybridized carbons (Fsp3) is 0.130. The lowest BCUT2D eigenvalue weighted by atomic mass is 10.1. The summed E-state index contributed by atoms with van der Waals surface area (Å²) >= 11 is 0. The van der Waals surface area contributed by atoms with E-state index in [0.717, 1.165) is 12.1 Å². The smallest absolute Gasteiger partial charge is 0.416 e. The number of nitrogens with one attached hydrogen (secondary N) is 1. The van der Waals surface area contributed by atoms with E-state index in [9.17, 15) is 21.6 Å². The molecule has 10 heteroatoms. The van der Waals surface area contributed by atoms with Gasteiger partial charge in [-0.05, 0) is 42.5 Å². The van der Waals surface area contributed by atoms with Gasteiger partial charge in [0.2, 0.25) is 0 Å². The summed E-state index contributed by atoms with van der Waals surface area (Å²) in [7, 11) is -2.48. The second-order valence-electron chi connectivity index (χ2n) is 7.12. The molecule has 0 bridgehead atoms. The van der Waals surface area contributed by atoms with Crippen molar-refractivity contribution in [1.82, 2.24) is 9.97 Å². The number of fused-ring (bicyclic) bond motifs is 1. The molecule has 3 aromatic carbocycles. The molecule has 6 nitrogen and oxygen atoms in total. The van der Waals surface area contributed by atoms with Gasteiger partial charge >= 0.3 is 6.18 Å². The summed E-state index contributed by atoms with van der Waals surface area (Å²) < 4.78 is 70.9. The maximum absolute atomic E-state index is 13.3. The van der Waals surface area contributed by atoms with Gasteiger partial charge in [0.1, 0.15) is 11.5 Å². The van der Waals surface area contributed by atoms with Gasteiger partial charge < -0.3 is 10.1 Å². The minimum Gasteiger partial charge on any atom is -0.495 e. The van der Waals surface area contributed by atoms with Gasteiger partial charge in [-0.15, -0.1) is 0 Å². The summed E-state index contributed by atoms with van der Waals surface area (Å²) in [4.78, 5) is 8.98. The molecule has 0 unspecified atom stereocenters. The van der Waals surface area contributed by atoms with Crippen molar-refractivity contribution in [3.05, 3.63) is 84.1 Å². The van der Waals surface area contributed by atoms with Crippen LogP contribution in [0.1, 0.15) is 11.3 Å². The Labute approximate surface area is 188 Å². The molecule has 0 spiro atoms. The van der Waals surface area contributed by atoms with Crippen LogP contribution in [-0.4, -0.2) is 25.5 Å². The Kier molecular flexibility index (Phi) is 5.94. The summed E-state index contributed by atoms with van der Waals surface area (Å²) in [5, 5.41) is 2.81. The average molecular weight is 473 g/mol. The standard InChI is InChI=1S/C23H18F3N3O3S/c1-32-21-12-11-15(23(24,25)26)13-19(21)29-22-20(27-17-9-5-6-10-18(17)28-22)14-33(30,31)16-7-3-2-4-8-16/h2-13H,14H2,1H3,(H,28,29). The Hall–Kier alpha value is -3.66. The SMILES string of the molecule is COc1ccc(C(F)(F)F)cc1Nc1nc2ccccc2nc1CS(=O)(=O)c1ccccc1. The number of sulfone groups is 1. The monoisotopic (exact) mass is 473 g/mol. The van der Waals surface area contributed by atoms with Crippen molar-refractivity contribution in [3.63, 3.8) is 0 Å². The molecule has 1 heterocycles. The normalized spacial score (nSPS) is 12.0. The van der Waals surface area contributed by atoms with Crippen molar-refractivity contribution < 1.29 is 26.3 Å². The zero-order valence-electron chi connectivity index (χ0n) is 17.3. The number of alkyl halides is 3. The summed E-state index contributed by atoms with van der Waals surface area (Å²) in [6.45, 7) is 0. The van der Waals surface area contributed by atoms with E-state index < -0.39 is 27.3 Å². The van der Waals surface area contributed by atoms with Crippen molar-refractivity contribution in [2.75, 3.05) is 12.4 Å². The molecule has 0 amide bonds. The predicted molar refractivity (Wildman–Crippen MR) is 118 cm³/mol. The van der Waals surface area contributed by atoms with Crippen LogP contribution in [0.5, 0.6) is 5.75 Å². The van der Waals surface area contributed by atoms with Crippen molar-refractivity contribution in [3.8, 4) is 5.75 Å². The first kappa shape index (κ1) is 22.5. The van der Waals surface area contributed by atoms with Gasteiger partial charge in [0.15, 0.2) is 15.7 Å². The first-order valence-corrected chi connectivity index (χ1v) is 11.4. The number of rotatable bonds is 6. The minimum absolute atomic E-state index is 0.0183. The molecule has 0 saturated carbocycles. The van der Waals surface area contributed by atoms with Gasteiger partial charge in [-0.1, -0.05) is 30.3 Å². The Bertz CT molecular complexity index is 1410. The van der Waals surface area contributed by atoms with E-state index in [2.05, 4.69) is 15.3 Å². The number of halogens is 3. The van der Waals surface area contributed by atoms with E-state index >= 15 is 0 Å². The fourth-order valence-electron chi connectivity index (χ4n) is 3.24. The highest BCUT2D eigenvalue weighted by atomic mass is 32.2. The average Bonchev–Trinajstić information content (AvgIpc) is 2.79. The van der Waals surface area contributed by atoms with Crippen LogP contribution >= 0.6 is 0 Å². The molecule has 4 aromatic rings. The molecule has 33 heavy (non-hydrogen) atoms. The zero-order chi connectivity index (χ0) is 23.6. The Balaban J connectivity index is 1.82. The largest absolute Gasteiger partial charge is 0.495 e. The lowest BCUT2D eigenvalue weighted by molar-refractivity contribution is -0.137. The number of hydrogen-bond acceptors (Lipinski definition) is 6. The fourth-order valence-corrected chi connectivity index (χ4v) is 4.54. The molecule has 1 N–H and O–H groups in total. The van der Waals surface area contributed by atoms with E-state index in [1.165, 1.54) is 25.3 Å². The molecule has 1 aromatic heterocycles. The third-order valence-corrected chi connectivity index (χ3v) is 6.50. The van der Waals surface area contributed by atoms with E-state index in [0.29, 0.717) is 11.0 Å². The van der Waals surface area contributed by atoms with Crippen LogP contribution < -0.4 is 10.1 Å². The summed E-state index contributed by atoms with van der Waals surface area (Å²) in [6.07, 6.45) is -4.57. The predicted octanol–water partition coefficient (Wildman–Crippen LogP) is 5.37. The number of nitrogens with zero attached hydrogens (tertiary/aromatic N) is 2. The van der Waals surface area contributed by atoms with E-state index in [-0.39, 0.29) is 27.8 Å².